The highest BCUT2D eigenvalue weighted by Crippen LogP contribution is 2.24. The van der Waals surface area contributed by atoms with E-state index in [0.717, 1.165) is 0 Å². The predicted molar refractivity (Wildman–Crippen MR) is 68.5 cm³/mol. The van der Waals surface area contributed by atoms with E-state index in [1.165, 1.54) is 4.57 Å². The van der Waals surface area contributed by atoms with Gasteiger partial charge in [0.1, 0.15) is 0 Å². The molecule has 2 N–H and O–H groups in total. The van der Waals surface area contributed by atoms with E-state index in [1.807, 2.05) is 0 Å². The van der Waals surface area contributed by atoms with E-state index < -0.39 is 16.6 Å². The summed E-state index contributed by atoms with van der Waals surface area (Å²) >= 11 is 5.86. The second-order valence-corrected chi connectivity index (χ2v) is 4.20. The average Bonchev–Trinajstić information content (AvgIpc) is 2.67. The molecule has 8 heteroatoms. The van der Waals surface area contributed by atoms with Gasteiger partial charge in [-0.15, -0.1) is 0 Å². The number of carbonyl (C=O) groups is 1. The Morgan fingerprint density at radius 1 is 1.53 bits per heavy atom. The highest BCUT2D eigenvalue weighted by atomic mass is 35.5. The molecule has 1 amide bonds. The molecule has 0 aliphatic carbocycles. The number of nitro groups is 1. The van der Waals surface area contributed by atoms with Crippen molar-refractivity contribution >= 4 is 23.3 Å². The molecular weight excluding hydrogens is 272 g/mol. The molecule has 0 spiro atoms. The average molecular weight is 281 g/mol. The summed E-state index contributed by atoms with van der Waals surface area (Å²) in [6.45, 7) is 1.54. The van der Waals surface area contributed by atoms with Gasteiger partial charge in [-0.1, -0.05) is 17.7 Å². The Morgan fingerprint density at radius 3 is 2.74 bits per heavy atom. The van der Waals surface area contributed by atoms with E-state index in [0.29, 0.717) is 10.7 Å². The number of halogens is 1. The Bertz CT molecular complexity index is 681. The molecule has 0 fully saturated rings. The molecule has 0 aliphatic heterocycles. The second kappa shape index (κ2) is 4.69. The van der Waals surface area contributed by atoms with Crippen LogP contribution in [0.5, 0.6) is 0 Å². The molecule has 2 aromatic rings. The van der Waals surface area contributed by atoms with Gasteiger partial charge in [-0.25, -0.2) is 0 Å². The lowest BCUT2D eigenvalue weighted by atomic mass is 10.3. The first-order valence-electron chi connectivity index (χ1n) is 5.21. The number of rotatable bonds is 3. The normalized spacial score (nSPS) is 10.4. The number of nitrogens with zero attached hydrogens (tertiary/aromatic N) is 3. The van der Waals surface area contributed by atoms with Crippen LogP contribution in [0, 0.1) is 17.0 Å². The van der Waals surface area contributed by atoms with E-state index in [2.05, 4.69) is 4.98 Å². The van der Waals surface area contributed by atoms with Gasteiger partial charge >= 0.3 is 5.82 Å². The maximum absolute atomic E-state index is 11.4. The summed E-state index contributed by atoms with van der Waals surface area (Å²) < 4.78 is 1.31. The smallest absolute Gasteiger partial charge is 0.364 e. The second-order valence-electron chi connectivity index (χ2n) is 3.77. The van der Waals surface area contributed by atoms with Crippen LogP contribution >= 0.6 is 11.6 Å². The Kier molecular flexibility index (Phi) is 3.22. The van der Waals surface area contributed by atoms with Gasteiger partial charge in [-0.05, 0) is 28.1 Å². The van der Waals surface area contributed by atoms with Gasteiger partial charge in [-0.3, -0.25) is 9.36 Å². The van der Waals surface area contributed by atoms with Gasteiger partial charge < -0.3 is 15.8 Å². The molecule has 98 valence electrons. The van der Waals surface area contributed by atoms with Crippen LogP contribution in [-0.2, 0) is 0 Å². The number of benzene rings is 1. The molecule has 1 aromatic carbocycles. The van der Waals surface area contributed by atoms with Crippen LogP contribution in [0.4, 0.5) is 5.82 Å². The van der Waals surface area contributed by atoms with E-state index >= 15 is 0 Å². The van der Waals surface area contributed by atoms with Crippen molar-refractivity contribution in [1.82, 2.24) is 9.55 Å². The molecule has 0 saturated carbocycles. The molecule has 0 bridgehead atoms. The third kappa shape index (κ3) is 2.27. The molecule has 7 nitrogen and oxygen atoms in total. The molecule has 1 aromatic heterocycles. The summed E-state index contributed by atoms with van der Waals surface area (Å²) in [5, 5.41) is 11.3. The molecule has 0 radical (unpaired) electrons. The largest absolute Gasteiger partial charge is 0.395 e. The zero-order valence-corrected chi connectivity index (χ0v) is 10.6. The van der Waals surface area contributed by atoms with Crippen molar-refractivity contribution in [3.05, 3.63) is 50.9 Å². The quantitative estimate of drug-likeness (QED) is 0.684. The van der Waals surface area contributed by atoms with Gasteiger partial charge in [0, 0.05) is 11.9 Å². The lowest BCUT2D eigenvalue weighted by molar-refractivity contribution is -0.389. The number of hydrogen-bond acceptors (Lipinski definition) is 4. The zero-order chi connectivity index (χ0) is 14.2. The SMILES string of the molecule is Cc1nc([N+](=O)[O-])c(C(N)=O)n1-c1cccc(Cl)c1. The molecule has 1 heterocycles. The van der Waals surface area contributed by atoms with Crippen LogP contribution < -0.4 is 5.73 Å². The standard InChI is InChI=1S/C11H9ClN4O3/c1-6-14-11(16(18)19)9(10(13)17)15(6)8-4-2-3-7(12)5-8/h2-5H,1H3,(H2,13,17). The molecule has 0 atom stereocenters. The van der Waals surface area contributed by atoms with Crippen molar-refractivity contribution in [1.29, 1.82) is 0 Å². The lowest BCUT2D eigenvalue weighted by Gasteiger charge is -2.06. The van der Waals surface area contributed by atoms with Gasteiger partial charge in [0.05, 0.1) is 5.69 Å². The van der Waals surface area contributed by atoms with Crippen molar-refractivity contribution in [2.75, 3.05) is 0 Å². The number of imidazole rings is 1. The highest BCUT2D eigenvalue weighted by Gasteiger charge is 2.30. The minimum atomic E-state index is -0.924. The van der Waals surface area contributed by atoms with Crippen molar-refractivity contribution in [2.24, 2.45) is 5.73 Å². The van der Waals surface area contributed by atoms with E-state index in [1.54, 1.807) is 31.2 Å². The van der Waals surface area contributed by atoms with Crippen LogP contribution in [0.2, 0.25) is 5.02 Å². The van der Waals surface area contributed by atoms with Crippen LogP contribution in [0.3, 0.4) is 0 Å². The summed E-state index contributed by atoms with van der Waals surface area (Å²) in [6.07, 6.45) is 0. The van der Waals surface area contributed by atoms with Crippen molar-refractivity contribution in [2.45, 2.75) is 6.92 Å². The Hall–Kier alpha value is -2.41. The van der Waals surface area contributed by atoms with Gasteiger partial charge in [-0.2, -0.15) is 0 Å². The fourth-order valence-electron chi connectivity index (χ4n) is 1.80. The predicted octanol–water partition coefficient (Wildman–Crippen LogP) is 1.84. The maximum Gasteiger partial charge on any atom is 0.395 e. The van der Waals surface area contributed by atoms with Crippen molar-refractivity contribution in [3.8, 4) is 5.69 Å². The van der Waals surface area contributed by atoms with E-state index in [4.69, 9.17) is 17.3 Å². The third-order valence-corrected chi connectivity index (χ3v) is 2.73. The van der Waals surface area contributed by atoms with Crippen LogP contribution in [0.1, 0.15) is 16.3 Å². The van der Waals surface area contributed by atoms with Gasteiger partial charge in [0.2, 0.25) is 11.5 Å². The number of carbonyl (C=O) groups excluding carboxylic acids is 1. The van der Waals surface area contributed by atoms with Crippen LogP contribution in [0.15, 0.2) is 24.3 Å². The van der Waals surface area contributed by atoms with Crippen molar-refractivity contribution in [3.63, 3.8) is 0 Å². The number of hydrogen-bond donors (Lipinski definition) is 1. The molecule has 19 heavy (non-hydrogen) atoms. The maximum atomic E-state index is 11.4. The monoisotopic (exact) mass is 280 g/mol. The van der Waals surface area contributed by atoms with E-state index in [9.17, 15) is 14.9 Å². The number of aromatic nitrogens is 2. The molecule has 0 aliphatic rings. The minimum Gasteiger partial charge on any atom is -0.364 e. The fraction of sp³-hybridized carbons (Fsp3) is 0.0909. The molecule has 0 saturated heterocycles. The van der Waals surface area contributed by atoms with Crippen molar-refractivity contribution < 1.29 is 9.72 Å². The zero-order valence-electron chi connectivity index (χ0n) is 9.83. The highest BCUT2D eigenvalue weighted by molar-refractivity contribution is 6.30. The van der Waals surface area contributed by atoms with Crippen LogP contribution in [0.25, 0.3) is 5.69 Å². The number of aryl methyl sites for hydroxylation is 1. The number of nitrogens with two attached hydrogens (primary N) is 1. The molecule has 0 unspecified atom stereocenters. The van der Waals surface area contributed by atoms with Gasteiger partial charge in [0.15, 0.2) is 0 Å². The lowest BCUT2D eigenvalue weighted by Crippen LogP contribution is -2.18. The first-order chi connectivity index (χ1) is 8.91. The summed E-state index contributed by atoms with van der Waals surface area (Å²) in [5.74, 6) is -1.21. The van der Waals surface area contributed by atoms with E-state index in [-0.39, 0.29) is 11.5 Å². The summed E-state index contributed by atoms with van der Waals surface area (Å²) in [4.78, 5) is 25.3. The molecular formula is C11H9ClN4O3. The number of primary amides is 1. The molecule has 2 rings (SSSR count). The first-order valence-corrected chi connectivity index (χ1v) is 5.59. The van der Waals surface area contributed by atoms with Gasteiger partial charge in [0.25, 0.3) is 5.91 Å². The third-order valence-electron chi connectivity index (χ3n) is 2.50. The first kappa shape index (κ1) is 13.0. The summed E-state index contributed by atoms with van der Waals surface area (Å²) in [7, 11) is 0. The summed E-state index contributed by atoms with van der Waals surface area (Å²) in [5.41, 5.74) is 5.42. The van der Waals surface area contributed by atoms with Crippen LogP contribution in [-0.4, -0.2) is 20.4 Å². The topological polar surface area (TPSA) is 104 Å². The Labute approximate surface area is 112 Å². The summed E-state index contributed by atoms with van der Waals surface area (Å²) in [6, 6.07) is 6.52. The Balaban J connectivity index is 2.76. The minimum absolute atomic E-state index is 0.273. The Morgan fingerprint density at radius 2 is 2.21 bits per heavy atom. The number of amides is 1. The fourth-order valence-corrected chi connectivity index (χ4v) is 1.98.